The third-order valence-corrected chi connectivity index (χ3v) is 5.97. The van der Waals surface area contributed by atoms with Gasteiger partial charge in [-0.15, -0.1) is 0 Å². The number of fused-ring (bicyclic) bond motifs is 1. The van der Waals surface area contributed by atoms with Crippen LogP contribution < -0.4 is 14.8 Å². The Bertz CT molecular complexity index is 924. The van der Waals surface area contributed by atoms with E-state index in [1.54, 1.807) is 18.2 Å². The number of carbonyl (C=O) groups is 2. The first-order chi connectivity index (χ1) is 15.1. The van der Waals surface area contributed by atoms with Crippen molar-refractivity contribution in [2.75, 3.05) is 26.3 Å². The van der Waals surface area contributed by atoms with Crippen molar-refractivity contribution in [3.8, 4) is 11.5 Å². The van der Waals surface area contributed by atoms with Crippen LogP contribution in [-0.2, 0) is 11.3 Å². The van der Waals surface area contributed by atoms with Crippen LogP contribution in [0.25, 0.3) is 0 Å². The number of ether oxygens (including phenoxy) is 2. The molecule has 1 N–H and O–H groups in total. The zero-order valence-corrected chi connectivity index (χ0v) is 18.2. The lowest BCUT2D eigenvalue weighted by molar-refractivity contribution is -0.122. The highest BCUT2D eigenvalue weighted by atomic mass is 35.5. The zero-order chi connectivity index (χ0) is 21.6. The molecule has 6 nitrogen and oxygen atoms in total. The molecule has 2 aromatic carbocycles. The summed E-state index contributed by atoms with van der Waals surface area (Å²) in [5.41, 5.74) is 1.79. The minimum absolute atomic E-state index is 0.0649. The molecule has 164 valence electrons. The predicted octanol–water partition coefficient (Wildman–Crippen LogP) is 3.85. The van der Waals surface area contributed by atoms with E-state index in [0.717, 1.165) is 37.5 Å². The number of piperidine rings is 1. The topological polar surface area (TPSA) is 67.9 Å². The second-order valence-electron chi connectivity index (χ2n) is 8.03. The Labute approximate surface area is 187 Å². The molecule has 0 saturated carbocycles. The number of hydrogen-bond acceptors (Lipinski definition) is 5. The molecule has 0 bridgehead atoms. The van der Waals surface area contributed by atoms with E-state index in [1.165, 1.54) is 5.56 Å². The normalized spacial score (nSPS) is 16.7. The summed E-state index contributed by atoms with van der Waals surface area (Å²) in [5, 5.41) is 3.84. The predicted molar refractivity (Wildman–Crippen MR) is 119 cm³/mol. The van der Waals surface area contributed by atoms with Crippen LogP contribution >= 0.6 is 11.6 Å². The summed E-state index contributed by atoms with van der Waals surface area (Å²) in [7, 11) is 0. The average molecular weight is 443 g/mol. The van der Waals surface area contributed by atoms with Crippen molar-refractivity contribution in [1.29, 1.82) is 0 Å². The molecule has 31 heavy (non-hydrogen) atoms. The number of nitrogens with one attached hydrogen (secondary N) is 1. The summed E-state index contributed by atoms with van der Waals surface area (Å²) < 4.78 is 11.0. The van der Waals surface area contributed by atoms with Gasteiger partial charge in [0.15, 0.2) is 17.3 Å². The molecule has 0 aromatic heterocycles. The fraction of sp³-hybridized carbons (Fsp3) is 0.417. The molecular formula is C24H27ClN2O4. The fourth-order valence-corrected chi connectivity index (χ4v) is 4.10. The van der Waals surface area contributed by atoms with Gasteiger partial charge in [-0.05, 0) is 48.7 Å². The first-order valence-corrected chi connectivity index (χ1v) is 11.1. The second-order valence-corrected chi connectivity index (χ2v) is 8.46. The van der Waals surface area contributed by atoms with Gasteiger partial charge in [-0.1, -0.05) is 23.7 Å². The maximum atomic E-state index is 12.5. The molecule has 0 radical (unpaired) electrons. The van der Waals surface area contributed by atoms with Crippen LogP contribution in [0.2, 0.25) is 5.02 Å². The third kappa shape index (κ3) is 5.99. The lowest BCUT2D eigenvalue weighted by Crippen LogP contribution is -2.44. The van der Waals surface area contributed by atoms with Gasteiger partial charge in [0, 0.05) is 49.1 Å². The number of amides is 1. The van der Waals surface area contributed by atoms with Crippen LogP contribution in [0.1, 0.15) is 41.6 Å². The lowest BCUT2D eigenvalue weighted by atomic mass is 10.0. The summed E-state index contributed by atoms with van der Waals surface area (Å²) in [6, 6.07) is 13.3. The Morgan fingerprint density at radius 3 is 2.42 bits per heavy atom. The van der Waals surface area contributed by atoms with Gasteiger partial charge >= 0.3 is 0 Å². The van der Waals surface area contributed by atoms with Crippen molar-refractivity contribution < 1.29 is 19.1 Å². The van der Waals surface area contributed by atoms with Crippen molar-refractivity contribution in [3.05, 3.63) is 58.6 Å². The maximum absolute atomic E-state index is 12.5. The van der Waals surface area contributed by atoms with Gasteiger partial charge in [-0.3, -0.25) is 14.5 Å². The number of rotatable bonds is 7. The first-order valence-electron chi connectivity index (χ1n) is 10.8. The van der Waals surface area contributed by atoms with Gasteiger partial charge in [0.05, 0.1) is 0 Å². The van der Waals surface area contributed by atoms with E-state index < -0.39 is 0 Å². The third-order valence-electron chi connectivity index (χ3n) is 5.72. The van der Waals surface area contributed by atoms with Crippen LogP contribution in [0.3, 0.4) is 0 Å². The monoisotopic (exact) mass is 442 g/mol. The Kier molecular flexibility index (Phi) is 7.10. The molecule has 1 saturated heterocycles. The van der Waals surface area contributed by atoms with Crippen LogP contribution in [0, 0.1) is 0 Å². The number of likely N-dealkylation sites (tertiary alicyclic amines) is 1. The highest BCUT2D eigenvalue weighted by molar-refractivity contribution is 6.30. The average Bonchev–Trinajstić information content (AvgIpc) is 2.80. The molecule has 1 fully saturated rings. The van der Waals surface area contributed by atoms with Crippen molar-refractivity contribution in [3.63, 3.8) is 0 Å². The van der Waals surface area contributed by atoms with E-state index in [-0.39, 0.29) is 30.6 Å². The largest absolute Gasteiger partial charge is 0.486 e. The van der Waals surface area contributed by atoms with Gasteiger partial charge < -0.3 is 14.8 Å². The number of halogens is 1. The van der Waals surface area contributed by atoms with Crippen molar-refractivity contribution in [1.82, 2.24) is 10.2 Å². The zero-order valence-electron chi connectivity index (χ0n) is 17.4. The number of Topliss-reactive ketones (excluding diaryl/α,β-unsaturated/α-hetero) is 1. The van der Waals surface area contributed by atoms with Gasteiger partial charge in [-0.25, -0.2) is 0 Å². The first kappa shape index (κ1) is 21.7. The minimum atomic E-state index is -0.0676. The fourth-order valence-electron chi connectivity index (χ4n) is 3.97. The van der Waals surface area contributed by atoms with E-state index in [0.29, 0.717) is 30.3 Å². The summed E-state index contributed by atoms with van der Waals surface area (Å²) in [5.74, 6) is 1.11. The second kappa shape index (κ2) is 10.2. The molecular weight excluding hydrogens is 416 g/mol. The molecule has 2 heterocycles. The summed E-state index contributed by atoms with van der Waals surface area (Å²) in [4.78, 5) is 27.2. The van der Waals surface area contributed by atoms with Crippen molar-refractivity contribution >= 4 is 23.3 Å². The quantitative estimate of drug-likeness (QED) is 0.659. The van der Waals surface area contributed by atoms with Crippen LogP contribution in [0.15, 0.2) is 42.5 Å². The Morgan fingerprint density at radius 2 is 1.68 bits per heavy atom. The molecule has 2 aliphatic rings. The van der Waals surface area contributed by atoms with Crippen molar-refractivity contribution in [2.45, 2.75) is 38.3 Å². The number of nitrogens with zero attached hydrogens (tertiary/aromatic N) is 1. The Balaban J connectivity index is 1.18. The Hall–Kier alpha value is -2.57. The molecule has 7 heteroatoms. The SMILES string of the molecule is O=C(CCC(=O)c1ccc2c(c1)OCCO2)NC1CCN(Cc2ccc(Cl)cc2)CC1. The molecule has 1 amide bonds. The van der Waals surface area contributed by atoms with Gasteiger partial charge in [0.1, 0.15) is 13.2 Å². The van der Waals surface area contributed by atoms with Gasteiger partial charge in [0.2, 0.25) is 5.91 Å². The van der Waals surface area contributed by atoms with Crippen LogP contribution in [-0.4, -0.2) is 48.9 Å². The highest BCUT2D eigenvalue weighted by Crippen LogP contribution is 2.31. The highest BCUT2D eigenvalue weighted by Gasteiger charge is 2.21. The molecule has 0 aliphatic carbocycles. The molecule has 0 spiro atoms. The van der Waals surface area contributed by atoms with Gasteiger partial charge in [-0.2, -0.15) is 0 Å². The van der Waals surface area contributed by atoms with E-state index in [4.69, 9.17) is 21.1 Å². The lowest BCUT2D eigenvalue weighted by Gasteiger charge is -2.32. The standard InChI is InChI=1S/C24H27ClN2O4/c25-19-4-1-17(2-5-19)16-27-11-9-20(10-12-27)26-24(29)8-6-21(28)18-3-7-22-23(15-18)31-14-13-30-22/h1-5,7,15,20H,6,8-14,16H2,(H,26,29). The molecule has 2 aliphatic heterocycles. The minimum Gasteiger partial charge on any atom is -0.486 e. The van der Waals surface area contributed by atoms with E-state index in [2.05, 4.69) is 22.3 Å². The van der Waals surface area contributed by atoms with Crippen LogP contribution in [0.4, 0.5) is 0 Å². The number of ketones is 1. The summed E-state index contributed by atoms with van der Waals surface area (Å²) in [6.07, 6.45) is 2.20. The van der Waals surface area contributed by atoms with Crippen molar-refractivity contribution in [2.24, 2.45) is 0 Å². The molecule has 4 rings (SSSR count). The van der Waals surface area contributed by atoms with E-state index in [9.17, 15) is 9.59 Å². The number of hydrogen-bond donors (Lipinski definition) is 1. The molecule has 2 aromatic rings. The van der Waals surface area contributed by atoms with E-state index in [1.807, 2.05) is 12.1 Å². The summed E-state index contributed by atoms with van der Waals surface area (Å²) >= 11 is 5.94. The summed E-state index contributed by atoms with van der Waals surface area (Å²) in [6.45, 7) is 3.75. The number of carbonyl (C=O) groups excluding carboxylic acids is 2. The molecule has 0 atom stereocenters. The number of benzene rings is 2. The molecule has 0 unspecified atom stereocenters. The Morgan fingerprint density at radius 1 is 0.968 bits per heavy atom. The van der Waals surface area contributed by atoms with Crippen LogP contribution in [0.5, 0.6) is 11.5 Å². The van der Waals surface area contributed by atoms with E-state index >= 15 is 0 Å². The smallest absolute Gasteiger partial charge is 0.220 e. The van der Waals surface area contributed by atoms with Gasteiger partial charge in [0.25, 0.3) is 0 Å². The maximum Gasteiger partial charge on any atom is 0.220 e.